The molecule has 0 aromatic heterocycles. The zero-order valence-corrected chi connectivity index (χ0v) is 14.8. The van der Waals surface area contributed by atoms with Crippen molar-refractivity contribution in [2.24, 2.45) is 5.92 Å². The summed E-state index contributed by atoms with van der Waals surface area (Å²) in [5.74, 6) is 0.0522. The van der Waals surface area contributed by atoms with E-state index in [1.54, 1.807) is 0 Å². The summed E-state index contributed by atoms with van der Waals surface area (Å²) < 4.78 is 0. The number of hydrogen-bond donors (Lipinski definition) is 1. The molecule has 2 aliphatic heterocycles. The van der Waals surface area contributed by atoms with Gasteiger partial charge in [0.2, 0.25) is 0 Å². The van der Waals surface area contributed by atoms with E-state index in [-0.39, 0.29) is 23.8 Å². The summed E-state index contributed by atoms with van der Waals surface area (Å²) in [6.07, 6.45) is 2.99. The van der Waals surface area contributed by atoms with Gasteiger partial charge in [-0.1, -0.05) is 60.7 Å². The Kier molecular flexibility index (Phi) is 5.16. The van der Waals surface area contributed by atoms with E-state index in [0.29, 0.717) is 13.0 Å². The van der Waals surface area contributed by atoms with E-state index >= 15 is 0 Å². The highest BCUT2D eigenvalue weighted by molar-refractivity contribution is 5.98. The predicted molar refractivity (Wildman–Crippen MR) is 99.5 cm³/mol. The molecule has 4 rings (SSSR count). The first-order chi connectivity index (χ1) is 12.7. The first-order valence-electron chi connectivity index (χ1n) is 9.48. The van der Waals surface area contributed by atoms with Crippen LogP contribution in [-0.2, 0) is 4.84 Å². The highest BCUT2D eigenvalue weighted by Crippen LogP contribution is 2.36. The lowest BCUT2D eigenvalue weighted by molar-refractivity contribution is -0.170. The second-order valence-electron chi connectivity index (χ2n) is 7.33. The van der Waals surface area contributed by atoms with Crippen molar-refractivity contribution in [1.82, 2.24) is 5.06 Å². The third-order valence-electron chi connectivity index (χ3n) is 5.60. The Morgan fingerprint density at radius 3 is 2.50 bits per heavy atom. The van der Waals surface area contributed by atoms with Gasteiger partial charge in [-0.25, -0.2) is 0 Å². The number of hydroxylamine groups is 2. The fourth-order valence-electron chi connectivity index (χ4n) is 4.16. The van der Waals surface area contributed by atoms with Gasteiger partial charge in [-0.05, 0) is 31.2 Å². The molecular formula is C22H25NO3. The van der Waals surface area contributed by atoms with E-state index in [1.165, 1.54) is 0 Å². The average Bonchev–Trinajstić information content (AvgIpc) is 3.01. The van der Waals surface area contributed by atoms with Crippen LogP contribution in [0.3, 0.4) is 0 Å². The van der Waals surface area contributed by atoms with E-state index in [1.807, 2.05) is 65.7 Å². The van der Waals surface area contributed by atoms with Crippen LogP contribution < -0.4 is 0 Å². The molecule has 2 heterocycles. The lowest BCUT2D eigenvalue weighted by atomic mass is 9.87. The van der Waals surface area contributed by atoms with E-state index in [0.717, 1.165) is 30.4 Å². The number of nitrogens with zero attached hydrogens (tertiary/aromatic N) is 1. The van der Waals surface area contributed by atoms with Gasteiger partial charge in [0.15, 0.2) is 5.78 Å². The molecule has 2 bridgehead atoms. The normalized spacial score (nSPS) is 29.1. The van der Waals surface area contributed by atoms with Gasteiger partial charge in [0.05, 0.1) is 18.1 Å². The highest BCUT2D eigenvalue weighted by Gasteiger charge is 2.43. The first-order valence-corrected chi connectivity index (χ1v) is 9.48. The minimum absolute atomic E-state index is 0.0402. The molecule has 2 fully saturated rings. The largest absolute Gasteiger partial charge is 0.388 e. The number of ketones is 1. The molecule has 136 valence electrons. The van der Waals surface area contributed by atoms with Gasteiger partial charge in [0.25, 0.3) is 0 Å². The number of Topliss-reactive ketones (excluding diaryl/α,β-unsaturated/α-hetero) is 1. The van der Waals surface area contributed by atoms with Gasteiger partial charge in [-0.15, -0.1) is 0 Å². The SMILES string of the molecule is O=C(c1ccccc1)[C@H]1CN2O[C@H]1CCC[C@@H]2C[C@H](O)c1ccccc1. The fraction of sp³-hybridized carbons (Fsp3) is 0.409. The molecule has 1 unspecified atom stereocenters. The van der Waals surface area contributed by atoms with Crippen LogP contribution in [0.1, 0.15) is 47.7 Å². The van der Waals surface area contributed by atoms with E-state index in [9.17, 15) is 9.90 Å². The summed E-state index contributed by atoms with van der Waals surface area (Å²) in [5.41, 5.74) is 1.69. The third kappa shape index (κ3) is 3.58. The number of rotatable bonds is 5. The summed E-state index contributed by atoms with van der Waals surface area (Å²) >= 11 is 0. The van der Waals surface area contributed by atoms with Crippen LogP contribution in [0.2, 0.25) is 0 Å². The number of aliphatic hydroxyl groups excluding tert-OH is 1. The minimum atomic E-state index is -0.509. The van der Waals surface area contributed by atoms with Crippen LogP contribution in [0.15, 0.2) is 60.7 Å². The molecule has 4 nitrogen and oxygen atoms in total. The number of aliphatic hydroxyl groups is 1. The monoisotopic (exact) mass is 351 g/mol. The van der Waals surface area contributed by atoms with E-state index in [4.69, 9.17) is 4.84 Å². The Hall–Kier alpha value is -2.01. The zero-order valence-electron chi connectivity index (χ0n) is 14.8. The molecule has 5 atom stereocenters. The molecule has 2 aliphatic rings. The minimum Gasteiger partial charge on any atom is -0.388 e. The third-order valence-corrected chi connectivity index (χ3v) is 5.60. The average molecular weight is 351 g/mol. The summed E-state index contributed by atoms with van der Waals surface area (Å²) in [6, 6.07) is 19.4. The van der Waals surface area contributed by atoms with Crippen molar-refractivity contribution in [3.8, 4) is 0 Å². The van der Waals surface area contributed by atoms with Gasteiger partial charge in [0.1, 0.15) is 0 Å². The molecule has 4 heteroatoms. The number of benzene rings is 2. The van der Waals surface area contributed by atoms with Crippen molar-refractivity contribution >= 4 is 5.78 Å². The zero-order chi connectivity index (χ0) is 17.9. The second kappa shape index (κ2) is 7.70. The molecule has 2 saturated heterocycles. The first kappa shape index (κ1) is 17.4. The Bertz CT molecular complexity index is 734. The number of hydrogen-bond acceptors (Lipinski definition) is 4. The maximum Gasteiger partial charge on any atom is 0.169 e. The van der Waals surface area contributed by atoms with Crippen LogP contribution in [0.4, 0.5) is 0 Å². The summed E-state index contributed by atoms with van der Waals surface area (Å²) in [4.78, 5) is 19.0. The molecule has 2 aromatic carbocycles. The van der Waals surface area contributed by atoms with Crippen LogP contribution in [-0.4, -0.2) is 34.6 Å². The maximum absolute atomic E-state index is 12.9. The van der Waals surface area contributed by atoms with Crippen molar-refractivity contribution < 1.29 is 14.7 Å². The maximum atomic E-state index is 12.9. The van der Waals surface area contributed by atoms with Crippen LogP contribution in [0, 0.1) is 5.92 Å². The van der Waals surface area contributed by atoms with Crippen molar-refractivity contribution in [3.63, 3.8) is 0 Å². The molecule has 0 amide bonds. The fourth-order valence-corrected chi connectivity index (χ4v) is 4.16. The molecule has 0 spiro atoms. The van der Waals surface area contributed by atoms with Crippen LogP contribution in [0.25, 0.3) is 0 Å². The van der Waals surface area contributed by atoms with Crippen molar-refractivity contribution in [2.45, 2.75) is 43.9 Å². The number of carbonyl (C=O) groups is 1. The Morgan fingerprint density at radius 1 is 1.08 bits per heavy atom. The molecular weight excluding hydrogens is 326 g/mol. The lowest BCUT2D eigenvalue weighted by Gasteiger charge is -2.27. The molecule has 2 aromatic rings. The topological polar surface area (TPSA) is 49.8 Å². The number of carbonyl (C=O) groups excluding carboxylic acids is 1. The second-order valence-corrected chi connectivity index (χ2v) is 7.33. The Balaban J connectivity index is 1.45. The van der Waals surface area contributed by atoms with E-state index < -0.39 is 6.10 Å². The standard InChI is InChI=1S/C22H25NO3/c24-20(16-8-3-1-4-9-16)14-18-12-7-13-21-19(15-23(18)26-21)22(25)17-10-5-2-6-11-17/h1-6,8-11,18-21,24H,7,12-15H2/t18-,19+,20+,21+/m1/s1. The van der Waals surface area contributed by atoms with Crippen LogP contribution in [0.5, 0.6) is 0 Å². The van der Waals surface area contributed by atoms with Gasteiger partial charge in [0, 0.05) is 18.2 Å². The van der Waals surface area contributed by atoms with Crippen molar-refractivity contribution in [3.05, 3.63) is 71.8 Å². The van der Waals surface area contributed by atoms with Gasteiger partial charge in [-0.3, -0.25) is 9.63 Å². The molecule has 26 heavy (non-hydrogen) atoms. The molecule has 0 saturated carbocycles. The quantitative estimate of drug-likeness (QED) is 0.833. The predicted octanol–water partition coefficient (Wildman–Crippen LogP) is 3.78. The molecule has 0 aliphatic carbocycles. The highest BCUT2D eigenvalue weighted by atomic mass is 16.7. The van der Waals surface area contributed by atoms with Crippen LogP contribution >= 0.6 is 0 Å². The summed E-state index contributed by atoms with van der Waals surface area (Å²) in [5, 5.41) is 12.6. The van der Waals surface area contributed by atoms with Crippen molar-refractivity contribution in [1.29, 1.82) is 0 Å². The number of fused-ring (bicyclic) bond motifs is 2. The summed E-state index contributed by atoms with van der Waals surface area (Å²) in [6.45, 7) is 0.616. The Labute approximate surface area is 154 Å². The summed E-state index contributed by atoms with van der Waals surface area (Å²) in [7, 11) is 0. The smallest absolute Gasteiger partial charge is 0.169 e. The van der Waals surface area contributed by atoms with E-state index in [2.05, 4.69) is 0 Å². The molecule has 1 N–H and O–H groups in total. The lowest BCUT2D eigenvalue weighted by Crippen LogP contribution is -2.35. The van der Waals surface area contributed by atoms with Crippen molar-refractivity contribution in [2.75, 3.05) is 6.54 Å². The van der Waals surface area contributed by atoms with Gasteiger partial charge >= 0.3 is 0 Å². The molecule has 0 radical (unpaired) electrons. The van der Waals surface area contributed by atoms with Gasteiger partial charge in [-0.2, -0.15) is 5.06 Å². The Morgan fingerprint density at radius 2 is 1.77 bits per heavy atom. The van der Waals surface area contributed by atoms with Gasteiger partial charge < -0.3 is 5.11 Å².